The summed E-state index contributed by atoms with van der Waals surface area (Å²) in [5.74, 6) is 0.993. The van der Waals surface area contributed by atoms with Crippen molar-refractivity contribution in [2.24, 2.45) is 0 Å². The number of carbonyl (C=O) groups excluding carboxylic acids is 1. The van der Waals surface area contributed by atoms with Crippen LogP contribution in [0.1, 0.15) is 0 Å². The number of amides is 1. The van der Waals surface area contributed by atoms with Gasteiger partial charge in [-0.3, -0.25) is 4.79 Å². The van der Waals surface area contributed by atoms with E-state index >= 15 is 0 Å². The van der Waals surface area contributed by atoms with Gasteiger partial charge in [0.15, 0.2) is 11.7 Å². The molecule has 0 radical (unpaired) electrons. The second kappa shape index (κ2) is 7.67. The Kier molecular flexibility index (Phi) is 5.15. The van der Waals surface area contributed by atoms with Gasteiger partial charge in [-0.25, -0.2) is 4.98 Å². The minimum Gasteiger partial charge on any atom is -0.497 e. The number of nitrogens with zero attached hydrogens (tertiary/aromatic N) is 1. The molecule has 0 saturated carbocycles. The Labute approximate surface area is 149 Å². The molecule has 3 aromatic rings. The number of aromatic nitrogens is 1. The number of thiazole rings is 1. The van der Waals surface area contributed by atoms with Crippen molar-refractivity contribution in [3.63, 3.8) is 0 Å². The number of ether oxygens (including phenoxy) is 2. The molecule has 0 unspecified atom stereocenters. The van der Waals surface area contributed by atoms with E-state index in [2.05, 4.69) is 10.3 Å². The Morgan fingerprint density at radius 2 is 2.00 bits per heavy atom. The summed E-state index contributed by atoms with van der Waals surface area (Å²) in [6.07, 6.45) is 0. The van der Waals surface area contributed by atoms with Gasteiger partial charge < -0.3 is 20.5 Å². The average molecular weight is 355 g/mol. The van der Waals surface area contributed by atoms with Crippen LogP contribution in [0.2, 0.25) is 0 Å². The molecular formula is C18H17N3O3S. The predicted molar refractivity (Wildman–Crippen MR) is 99.1 cm³/mol. The van der Waals surface area contributed by atoms with Gasteiger partial charge >= 0.3 is 0 Å². The molecule has 0 fully saturated rings. The molecule has 0 aliphatic rings. The smallest absolute Gasteiger partial charge is 0.262 e. The SMILES string of the molecule is COc1cccc(OCC(=O)Nc2cccc(-c3csc(N)n3)c2)c1. The molecule has 1 amide bonds. The van der Waals surface area contributed by atoms with Crippen molar-refractivity contribution in [2.75, 3.05) is 24.8 Å². The Bertz CT molecular complexity index is 879. The molecule has 0 atom stereocenters. The van der Waals surface area contributed by atoms with E-state index in [-0.39, 0.29) is 12.5 Å². The molecule has 0 saturated heterocycles. The molecule has 3 rings (SSSR count). The minimum absolute atomic E-state index is 0.0962. The Hall–Kier alpha value is -3.06. The van der Waals surface area contributed by atoms with E-state index in [1.165, 1.54) is 11.3 Å². The number of hydrogen-bond acceptors (Lipinski definition) is 6. The molecule has 7 heteroatoms. The van der Waals surface area contributed by atoms with E-state index in [9.17, 15) is 4.79 Å². The molecular weight excluding hydrogens is 338 g/mol. The van der Waals surface area contributed by atoms with Crippen molar-refractivity contribution in [3.05, 3.63) is 53.9 Å². The van der Waals surface area contributed by atoms with Crippen LogP contribution in [0.15, 0.2) is 53.9 Å². The fraction of sp³-hybridized carbons (Fsp3) is 0.111. The summed E-state index contributed by atoms with van der Waals surface area (Å²) in [5, 5.41) is 5.19. The molecule has 0 aliphatic carbocycles. The number of methoxy groups -OCH3 is 1. The van der Waals surface area contributed by atoms with Crippen molar-refractivity contribution in [2.45, 2.75) is 0 Å². The van der Waals surface area contributed by atoms with Gasteiger partial charge in [-0.15, -0.1) is 11.3 Å². The van der Waals surface area contributed by atoms with E-state index < -0.39 is 0 Å². The monoisotopic (exact) mass is 355 g/mol. The zero-order valence-electron chi connectivity index (χ0n) is 13.6. The van der Waals surface area contributed by atoms with Crippen molar-refractivity contribution in [1.29, 1.82) is 0 Å². The number of anilines is 2. The van der Waals surface area contributed by atoms with Gasteiger partial charge in [-0.1, -0.05) is 18.2 Å². The zero-order chi connectivity index (χ0) is 17.6. The maximum Gasteiger partial charge on any atom is 0.262 e. The van der Waals surface area contributed by atoms with Crippen LogP contribution in [0.3, 0.4) is 0 Å². The van der Waals surface area contributed by atoms with Crippen LogP contribution in [-0.4, -0.2) is 24.6 Å². The van der Waals surface area contributed by atoms with Crippen LogP contribution in [0, 0.1) is 0 Å². The third kappa shape index (κ3) is 4.48. The van der Waals surface area contributed by atoms with Gasteiger partial charge in [0.25, 0.3) is 5.91 Å². The van der Waals surface area contributed by atoms with E-state index in [1.807, 2.05) is 35.7 Å². The molecule has 0 aliphatic heterocycles. The summed E-state index contributed by atoms with van der Waals surface area (Å²) in [5.41, 5.74) is 8.00. The number of nitrogens with two attached hydrogens (primary N) is 1. The minimum atomic E-state index is -0.252. The fourth-order valence-corrected chi connectivity index (χ4v) is 2.79. The van der Waals surface area contributed by atoms with Crippen LogP contribution in [0.25, 0.3) is 11.3 Å². The standard InChI is InChI=1S/C18H17N3O3S/c1-23-14-6-3-7-15(9-14)24-10-17(22)20-13-5-2-4-12(8-13)16-11-25-18(19)21-16/h2-9,11H,10H2,1H3,(H2,19,21)(H,20,22). The van der Waals surface area contributed by atoms with Crippen LogP contribution < -0.4 is 20.5 Å². The lowest BCUT2D eigenvalue weighted by Crippen LogP contribution is -2.20. The molecule has 0 bridgehead atoms. The highest BCUT2D eigenvalue weighted by Gasteiger charge is 2.07. The van der Waals surface area contributed by atoms with Crippen LogP contribution >= 0.6 is 11.3 Å². The fourth-order valence-electron chi connectivity index (χ4n) is 2.21. The largest absolute Gasteiger partial charge is 0.497 e. The highest BCUT2D eigenvalue weighted by Crippen LogP contribution is 2.25. The first kappa shape index (κ1) is 16.8. The number of benzene rings is 2. The summed E-state index contributed by atoms with van der Waals surface area (Å²) in [7, 11) is 1.58. The van der Waals surface area contributed by atoms with Gasteiger partial charge in [-0.05, 0) is 24.3 Å². The molecule has 2 aromatic carbocycles. The Morgan fingerprint density at radius 3 is 2.76 bits per heavy atom. The first-order valence-corrected chi connectivity index (χ1v) is 8.40. The van der Waals surface area contributed by atoms with Gasteiger partial charge in [0.2, 0.25) is 0 Å². The molecule has 3 N–H and O–H groups in total. The van der Waals surface area contributed by atoms with Gasteiger partial charge in [0, 0.05) is 22.7 Å². The van der Waals surface area contributed by atoms with Crippen molar-refractivity contribution in [3.8, 4) is 22.8 Å². The second-order valence-corrected chi connectivity index (χ2v) is 6.06. The molecule has 1 aromatic heterocycles. The first-order chi connectivity index (χ1) is 12.1. The lowest BCUT2D eigenvalue weighted by Gasteiger charge is -2.09. The first-order valence-electron chi connectivity index (χ1n) is 7.52. The summed E-state index contributed by atoms with van der Waals surface area (Å²) in [6, 6.07) is 14.5. The number of carbonyl (C=O) groups is 1. The number of rotatable bonds is 6. The highest BCUT2D eigenvalue weighted by molar-refractivity contribution is 7.13. The van der Waals surface area contributed by atoms with E-state index in [0.29, 0.717) is 22.3 Å². The summed E-state index contributed by atoms with van der Waals surface area (Å²) in [4.78, 5) is 16.3. The maximum absolute atomic E-state index is 12.1. The van der Waals surface area contributed by atoms with E-state index in [4.69, 9.17) is 15.2 Å². The molecule has 1 heterocycles. The molecule has 25 heavy (non-hydrogen) atoms. The molecule has 128 valence electrons. The lowest BCUT2D eigenvalue weighted by atomic mass is 10.1. The van der Waals surface area contributed by atoms with Crippen molar-refractivity contribution < 1.29 is 14.3 Å². The summed E-state index contributed by atoms with van der Waals surface area (Å²) < 4.78 is 10.6. The predicted octanol–water partition coefficient (Wildman–Crippen LogP) is 3.42. The third-order valence-corrected chi connectivity index (χ3v) is 4.05. The number of nitrogen functional groups attached to an aromatic ring is 1. The Morgan fingerprint density at radius 1 is 1.20 bits per heavy atom. The number of hydrogen-bond donors (Lipinski definition) is 2. The molecule has 0 spiro atoms. The highest BCUT2D eigenvalue weighted by atomic mass is 32.1. The van der Waals surface area contributed by atoms with Crippen LogP contribution in [0.5, 0.6) is 11.5 Å². The molecule has 6 nitrogen and oxygen atoms in total. The normalized spacial score (nSPS) is 10.3. The quantitative estimate of drug-likeness (QED) is 0.707. The van der Waals surface area contributed by atoms with E-state index in [1.54, 1.807) is 25.3 Å². The average Bonchev–Trinajstić information content (AvgIpc) is 3.07. The summed E-state index contributed by atoms with van der Waals surface area (Å²) in [6.45, 7) is -0.0962. The van der Waals surface area contributed by atoms with Gasteiger partial charge in [0.05, 0.1) is 12.8 Å². The summed E-state index contributed by atoms with van der Waals surface area (Å²) >= 11 is 1.38. The lowest BCUT2D eigenvalue weighted by molar-refractivity contribution is -0.118. The van der Waals surface area contributed by atoms with Crippen LogP contribution in [-0.2, 0) is 4.79 Å². The van der Waals surface area contributed by atoms with Gasteiger partial charge in [-0.2, -0.15) is 0 Å². The Balaban J connectivity index is 1.61. The van der Waals surface area contributed by atoms with Crippen LogP contribution in [0.4, 0.5) is 10.8 Å². The third-order valence-electron chi connectivity index (χ3n) is 3.38. The van der Waals surface area contributed by atoms with Crippen molar-refractivity contribution >= 4 is 28.1 Å². The topological polar surface area (TPSA) is 86.5 Å². The van der Waals surface area contributed by atoms with E-state index in [0.717, 1.165) is 11.3 Å². The second-order valence-electron chi connectivity index (χ2n) is 5.17. The van der Waals surface area contributed by atoms with Gasteiger partial charge in [0.1, 0.15) is 11.5 Å². The maximum atomic E-state index is 12.1. The number of nitrogens with one attached hydrogen (secondary N) is 1. The van der Waals surface area contributed by atoms with Crippen molar-refractivity contribution in [1.82, 2.24) is 4.98 Å². The zero-order valence-corrected chi connectivity index (χ0v) is 14.4.